The predicted octanol–water partition coefficient (Wildman–Crippen LogP) is 4.19. The van der Waals surface area contributed by atoms with E-state index in [0.29, 0.717) is 5.57 Å². The second-order valence-corrected chi connectivity index (χ2v) is 6.64. The van der Waals surface area contributed by atoms with E-state index in [4.69, 9.17) is 0 Å². The van der Waals surface area contributed by atoms with Crippen molar-refractivity contribution in [3.8, 4) is 0 Å². The van der Waals surface area contributed by atoms with Gasteiger partial charge in [-0.1, -0.05) is 44.2 Å². The lowest BCUT2D eigenvalue weighted by molar-refractivity contribution is -0.114. The van der Waals surface area contributed by atoms with Crippen LogP contribution in [0.5, 0.6) is 0 Å². The molecule has 1 amide bonds. The molecule has 0 saturated carbocycles. The summed E-state index contributed by atoms with van der Waals surface area (Å²) in [5, 5.41) is 6.08. The maximum Gasteiger partial charge on any atom is 0.280 e. The number of para-hydroxylation sites is 1. The van der Waals surface area contributed by atoms with E-state index < -0.39 is 0 Å². The molecule has 2 aromatic carbocycles. The molecule has 0 N–H and O–H groups in total. The highest BCUT2D eigenvalue weighted by atomic mass is 16.2. The Labute approximate surface area is 149 Å². The first kappa shape index (κ1) is 17.0. The third kappa shape index (κ3) is 3.48. The molecule has 128 valence electrons. The van der Waals surface area contributed by atoms with Gasteiger partial charge in [-0.2, -0.15) is 10.1 Å². The normalized spacial score (nSPS) is 15.9. The van der Waals surface area contributed by atoms with Crippen molar-refractivity contribution in [2.24, 2.45) is 11.0 Å². The summed E-state index contributed by atoms with van der Waals surface area (Å²) in [7, 11) is 4.02. The number of amides is 1. The van der Waals surface area contributed by atoms with Crippen LogP contribution in [-0.4, -0.2) is 25.7 Å². The third-order valence-corrected chi connectivity index (χ3v) is 4.17. The van der Waals surface area contributed by atoms with E-state index in [1.54, 1.807) is 0 Å². The molecule has 0 aromatic heterocycles. The van der Waals surface area contributed by atoms with Crippen LogP contribution >= 0.6 is 0 Å². The summed E-state index contributed by atoms with van der Waals surface area (Å²) in [4.78, 5) is 15.0. The standard InChI is InChI=1S/C21H23N3O/c1-15(2)20-19(14-16-10-12-17(13-11-16)23(3)4)21(25)24(22-20)18-8-6-5-7-9-18/h5-15H,1-4H3/b19-14-. The highest BCUT2D eigenvalue weighted by Crippen LogP contribution is 2.27. The molecule has 3 rings (SSSR count). The van der Waals surface area contributed by atoms with Crippen molar-refractivity contribution in [1.29, 1.82) is 0 Å². The topological polar surface area (TPSA) is 35.9 Å². The minimum atomic E-state index is -0.0772. The molecule has 0 aliphatic carbocycles. The largest absolute Gasteiger partial charge is 0.378 e. The fraction of sp³-hybridized carbons (Fsp3) is 0.238. The highest BCUT2D eigenvalue weighted by Gasteiger charge is 2.32. The lowest BCUT2D eigenvalue weighted by Gasteiger charge is -2.12. The smallest absolute Gasteiger partial charge is 0.280 e. The van der Waals surface area contributed by atoms with E-state index in [-0.39, 0.29) is 11.8 Å². The van der Waals surface area contributed by atoms with Crippen molar-refractivity contribution >= 4 is 29.1 Å². The number of hydrazone groups is 1. The molecule has 0 atom stereocenters. The van der Waals surface area contributed by atoms with Crippen molar-refractivity contribution in [3.63, 3.8) is 0 Å². The minimum absolute atomic E-state index is 0.0772. The molecule has 2 aromatic rings. The quantitative estimate of drug-likeness (QED) is 0.786. The zero-order valence-corrected chi connectivity index (χ0v) is 15.1. The zero-order valence-electron chi connectivity index (χ0n) is 15.1. The number of anilines is 2. The summed E-state index contributed by atoms with van der Waals surface area (Å²) in [5.74, 6) is 0.0940. The summed E-state index contributed by atoms with van der Waals surface area (Å²) in [5.41, 5.74) is 4.40. The molecular formula is C21H23N3O. The first-order valence-electron chi connectivity index (χ1n) is 8.45. The molecule has 0 spiro atoms. The lowest BCUT2D eigenvalue weighted by atomic mass is 9.98. The molecule has 25 heavy (non-hydrogen) atoms. The van der Waals surface area contributed by atoms with Crippen LogP contribution in [0.25, 0.3) is 6.08 Å². The first-order chi connectivity index (χ1) is 12.0. The Balaban J connectivity index is 1.97. The van der Waals surface area contributed by atoms with E-state index in [0.717, 1.165) is 22.6 Å². The summed E-state index contributed by atoms with van der Waals surface area (Å²) in [6, 6.07) is 17.7. The van der Waals surface area contributed by atoms with Crippen LogP contribution in [0.4, 0.5) is 11.4 Å². The predicted molar refractivity (Wildman–Crippen MR) is 105 cm³/mol. The minimum Gasteiger partial charge on any atom is -0.378 e. The Kier molecular flexibility index (Phi) is 4.70. The van der Waals surface area contributed by atoms with Gasteiger partial charge in [0.05, 0.1) is 17.0 Å². The van der Waals surface area contributed by atoms with Crippen LogP contribution in [0.1, 0.15) is 19.4 Å². The van der Waals surface area contributed by atoms with Gasteiger partial charge in [-0.05, 0) is 41.8 Å². The molecule has 4 nitrogen and oxygen atoms in total. The molecule has 0 bridgehead atoms. The Morgan fingerprint density at radius 2 is 1.64 bits per heavy atom. The fourth-order valence-corrected chi connectivity index (χ4v) is 2.77. The lowest BCUT2D eigenvalue weighted by Crippen LogP contribution is -2.21. The second kappa shape index (κ2) is 6.93. The van der Waals surface area contributed by atoms with Gasteiger partial charge in [0, 0.05) is 19.8 Å². The van der Waals surface area contributed by atoms with Crippen molar-refractivity contribution < 1.29 is 4.79 Å². The summed E-state index contributed by atoms with van der Waals surface area (Å²) >= 11 is 0. The van der Waals surface area contributed by atoms with Gasteiger partial charge >= 0.3 is 0 Å². The van der Waals surface area contributed by atoms with Crippen LogP contribution in [0.15, 0.2) is 65.3 Å². The number of rotatable bonds is 4. The number of hydrogen-bond donors (Lipinski definition) is 0. The van der Waals surface area contributed by atoms with Crippen LogP contribution in [-0.2, 0) is 4.79 Å². The summed E-state index contributed by atoms with van der Waals surface area (Å²) in [6.45, 7) is 4.12. The van der Waals surface area contributed by atoms with Gasteiger partial charge in [0.15, 0.2) is 0 Å². The number of benzene rings is 2. The van der Waals surface area contributed by atoms with Crippen molar-refractivity contribution in [1.82, 2.24) is 0 Å². The third-order valence-electron chi connectivity index (χ3n) is 4.17. The van der Waals surface area contributed by atoms with Crippen LogP contribution < -0.4 is 9.91 Å². The van der Waals surface area contributed by atoms with Crippen LogP contribution in [0.3, 0.4) is 0 Å². The van der Waals surface area contributed by atoms with Gasteiger partial charge in [-0.3, -0.25) is 4.79 Å². The first-order valence-corrected chi connectivity index (χ1v) is 8.45. The Morgan fingerprint density at radius 1 is 1.00 bits per heavy atom. The van der Waals surface area contributed by atoms with E-state index >= 15 is 0 Å². The Bertz CT molecular complexity index is 818. The number of carbonyl (C=O) groups excluding carboxylic acids is 1. The summed E-state index contributed by atoms with van der Waals surface area (Å²) in [6.07, 6.45) is 1.93. The average Bonchev–Trinajstić information content (AvgIpc) is 2.93. The van der Waals surface area contributed by atoms with E-state index in [9.17, 15) is 4.79 Å². The van der Waals surface area contributed by atoms with E-state index in [2.05, 4.69) is 23.8 Å². The van der Waals surface area contributed by atoms with Crippen molar-refractivity contribution in [2.45, 2.75) is 13.8 Å². The monoisotopic (exact) mass is 333 g/mol. The zero-order chi connectivity index (χ0) is 18.0. The number of carbonyl (C=O) groups is 1. The van der Waals surface area contributed by atoms with Crippen molar-refractivity contribution in [2.75, 3.05) is 24.0 Å². The van der Waals surface area contributed by atoms with Gasteiger partial charge in [0.1, 0.15) is 0 Å². The van der Waals surface area contributed by atoms with Gasteiger partial charge in [-0.25, -0.2) is 0 Å². The number of nitrogens with zero attached hydrogens (tertiary/aromatic N) is 3. The second-order valence-electron chi connectivity index (χ2n) is 6.64. The molecule has 1 aliphatic heterocycles. The molecular weight excluding hydrogens is 310 g/mol. The molecule has 4 heteroatoms. The maximum atomic E-state index is 12.9. The fourth-order valence-electron chi connectivity index (χ4n) is 2.77. The average molecular weight is 333 g/mol. The molecule has 0 unspecified atom stereocenters. The van der Waals surface area contributed by atoms with E-state index in [1.165, 1.54) is 5.01 Å². The van der Waals surface area contributed by atoms with Crippen LogP contribution in [0.2, 0.25) is 0 Å². The molecule has 0 saturated heterocycles. The molecule has 0 radical (unpaired) electrons. The van der Waals surface area contributed by atoms with Gasteiger partial charge in [-0.15, -0.1) is 0 Å². The van der Waals surface area contributed by atoms with Gasteiger partial charge in [0.2, 0.25) is 0 Å². The SMILES string of the molecule is CC(C)C1=NN(c2ccccc2)C(=O)/C1=C\c1ccc(N(C)C)cc1. The highest BCUT2D eigenvalue weighted by molar-refractivity contribution is 6.33. The van der Waals surface area contributed by atoms with Gasteiger partial charge < -0.3 is 4.90 Å². The van der Waals surface area contributed by atoms with Crippen molar-refractivity contribution in [3.05, 3.63) is 65.7 Å². The Hall–Kier alpha value is -2.88. The molecule has 0 fully saturated rings. The van der Waals surface area contributed by atoms with Crippen LogP contribution in [0, 0.1) is 5.92 Å². The molecule has 1 aliphatic rings. The summed E-state index contributed by atoms with van der Waals surface area (Å²) < 4.78 is 0. The van der Waals surface area contributed by atoms with E-state index in [1.807, 2.05) is 74.8 Å². The Morgan fingerprint density at radius 3 is 2.20 bits per heavy atom. The van der Waals surface area contributed by atoms with Gasteiger partial charge in [0.25, 0.3) is 5.91 Å². The molecule has 1 heterocycles. The number of hydrogen-bond acceptors (Lipinski definition) is 3. The maximum absolute atomic E-state index is 12.9.